The Morgan fingerprint density at radius 3 is 2.42 bits per heavy atom. The van der Waals surface area contributed by atoms with Crippen molar-refractivity contribution in [3.63, 3.8) is 0 Å². The molecular formula is C20H20O3W. The second-order valence-corrected chi connectivity index (χ2v) is 6.57. The summed E-state index contributed by atoms with van der Waals surface area (Å²) in [7, 11) is 0. The third-order valence-corrected chi connectivity index (χ3v) is 4.12. The molecule has 0 atom stereocenters. The van der Waals surface area contributed by atoms with Crippen molar-refractivity contribution in [1.29, 1.82) is 0 Å². The fourth-order valence-corrected chi connectivity index (χ4v) is 2.97. The minimum atomic E-state index is -0.259. The molecule has 24 heavy (non-hydrogen) atoms. The van der Waals surface area contributed by atoms with Crippen LogP contribution in [0.25, 0.3) is 5.76 Å². The quantitative estimate of drug-likeness (QED) is 0.427. The van der Waals surface area contributed by atoms with Crippen molar-refractivity contribution >= 4 is 15.8 Å². The number of carbonyl (C=O) groups excluding carboxylic acids is 1. The van der Waals surface area contributed by atoms with E-state index in [9.17, 15) is 4.79 Å². The van der Waals surface area contributed by atoms with Gasteiger partial charge in [-0.2, -0.15) is 0 Å². The molecule has 1 aromatic rings. The van der Waals surface area contributed by atoms with Crippen LogP contribution >= 0.6 is 0 Å². The number of carbonyl (C=O) groups is 1. The number of ether oxygens (including phenoxy) is 2. The van der Waals surface area contributed by atoms with Crippen LogP contribution in [0.2, 0.25) is 0 Å². The molecule has 1 aliphatic rings. The third kappa shape index (κ3) is 6.35. The molecule has 1 aromatic carbocycles. The summed E-state index contributed by atoms with van der Waals surface area (Å²) in [6.07, 6.45) is 13.9. The van der Waals surface area contributed by atoms with E-state index in [4.69, 9.17) is 9.47 Å². The zero-order valence-corrected chi connectivity index (χ0v) is 16.5. The first kappa shape index (κ1) is 18.5. The predicted molar refractivity (Wildman–Crippen MR) is 92.7 cm³/mol. The third-order valence-electron chi connectivity index (χ3n) is 3.27. The molecule has 0 spiro atoms. The van der Waals surface area contributed by atoms with Crippen molar-refractivity contribution in [3.05, 3.63) is 78.4 Å². The first-order valence-corrected chi connectivity index (χ1v) is 9.32. The van der Waals surface area contributed by atoms with Crippen molar-refractivity contribution in [2.24, 2.45) is 5.92 Å². The van der Waals surface area contributed by atoms with E-state index in [1.54, 1.807) is 6.08 Å². The van der Waals surface area contributed by atoms with Gasteiger partial charge in [0.15, 0.2) is 0 Å². The van der Waals surface area contributed by atoms with Gasteiger partial charge in [-0.1, -0.05) is 0 Å². The predicted octanol–water partition coefficient (Wildman–Crippen LogP) is 3.97. The van der Waals surface area contributed by atoms with E-state index in [1.807, 2.05) is 73.7 Å². The van der Waals surface area contributed by atoms with Crippen LogP contribution < -0.4 is 0 Å². The molecule has 0 radical (unpaired) electrons. The van der Waals surface area contributed by atoms with Gasteiger partial charge in [-0.15, -0.1) is 0 Å². The molecule has 4 heteroatoms. The van der Waals surface area contributed by atoms with Crippen molar-refractivity contribution in [3.8, 4) is 0 Å². The topological polar surface area (TPSA) is 35.5 Å². The standard InChI is InChI=1S/C20H20O3.W/c1-2-22-15-14-19(18-12-8-5-9-13-18)23-20(21)16-17-10-6-3-4-7-11-17;/h3-14,17H,2,16H2,1H3;/b19-14-;. The second-order valence-electron chi connectivity index (χ2n) is 5.12. The monoisotopic (exact) mass is 492 g/mol. The Morgan fingerprint density at radius 1 is 1.12 bits per heavy atom. The zero-order valence-electron chi connectivity index (χ0n) is 13.6. The summed E-state index contributed by atoms with van der Waals surface area (Å²) in [5, 5.41) is 0. The van der Waals surface area contributed by atoms with Gasteiger partial charge in [0.05, 0.1) is 0 Å². The summed E-state index contributed by atoms with van der Waals surface area (Å²) in [6.45, 7) is 2.53. The fourth-order valence-electron chi connectivity index (χ4n) is 2.16. The molecule has 0 bridgehead atoms. The van der Waals surface area contributed by atoms with Gasteiger partial charge in [-0.25, -0.2) is 0 Å². The Bertz CT molecular complexity index is 668. The molecular weight excluding hydrogens is 472 g/mol. The first-order chi connectivity index (χ1) is 11.7. The Labute approximate surface area is 153 Å². The maximum absolute atomic E-state index is 12.4. The van der Waals surface area contributed by atoms with Gasteiger partial charge in [-0.3, -0.25) is 0 Å². The average Bonchev–Trinajstić information content (AvgIpc) is 2.84. The number of hydrogen-bond donors (Lipinski definition) is 0. The van der Waals surface area contributed by atoms with E-state index >= 15 is 0 Å². The summed E-state index contributed by atoms with van der Waals surface area (Å²) < 4.78 is 11.9. The van der Waals surface area contributed by atoms with Crippen LogP contribution in [0.15, 0.2) is 72.9 Å². The Kier molecular flexibility index (Phi) is 7.80. The van der Waals surface area contributed by atoms with Crippen LogP contribution in [0, 0.1) is 5.92 Å². The number of esters is 1. The van der Waals surface area contributed by atoms with Crippen LogP contribution in [0.1, 0.15) is 18.9 Å². The first-order valence-electron chi connectivity index (χ1n) is 7.85. The van der Waals surface area contributed by atoms with Crippen molar-refractivity contribution in [2.75, 3.05) is 6.61 Å². The summed E-state index contributed by atoms with van der Waals surface area (Å²) in [5.74, 6) is 0.316. The molecule has 124 valence electrons. The zero-order chi connectivity index (χ0) is 17.2. The summed E-state index contributed by atoms with van der Waals surface area (Å²) >= 11 is 1.19. The number of benzene rings is 1. The molecule has 0 saturated heterocycles. The van der Waals surface area contributed by atoms with Crippen LogP contribution in [0.4, 0.5) is 0 Å². The van der Waals surface area contributed by atoms with E-state index in [1.165, 1.54) is 19.4 Å². The maximum atomic E-state index is 12.4. The van der Waals surface area contributed by atoms with E-state index in [0.717, 1.165) is 9.65 Å². The van der Waals surface area contributed by atoms with Crippen molar-refractivity contribution in [1.82, 2.24) is 0 Å². The van der Waals surface area contributed by atoms with Crippen LogP contribution in [-0.4, -0.2) is 16.7 Å². The average molecular weight is 492 g/mol. The van der Waals surface area contributed by atoms with Crippen LogP contribution in [0.3, 0.4) is 0 Å². The molecule has 2 rings (SSSR count). The molecule has 0 saturated carbocycles. The van der Waals surface area contributed by atoms with E-state index in [2.05, 4.69) is 0 Å². The molecule has 0 fully saturated rings. The van der Waals surface area contributed by atoms with Gasteiger partial charge in [0.2, 0.25) is 0 Å². The van der Waals surface area contributed by atoms with Gasteiger partial charge in [0, 0.05) is 0 Å². The number of allylic oxidation sites excluding steroid dienone is 6. The molecule has 0 unspecified atom stereocenters. The molecule has 3 nitrogen and oxygen atoms in total. The van der Waals surface area contributed by atoms with Gasteiger partial charge < -0.3 is 0 Å². The molecule has 1 aliphatic carbocycles. The molecule has 0 N–H and O–H groups in total. The van der Waals surface area contributed by atoms with Gasteiger partial charge >= 0.3 is 154 Å². The molecule has 0 heterocycles. The summed E-state index contributed by atoms with van der Waals surface area (Å²) in [5.41, 5.74) is 0.859. The van der Waals surface area contributed by atoms with Crippen molar-refractivity contribution < 1.29 is 33.6 Å². The fraction of sp³-hybridized carbons (Fsp3) is 0.200. The SMILES string of the molecule is CCO[C](=[W])/C=C(\OC(=O)CC1C=CC=CC=C1)c1ccccc1. The minimum absolute atomic E-state index is 0.0483. The molecule has 0 aliphatic heterocycles. The van der Waals surface area contributed by atoms with Crippen LogP contribution in [-0.2, 0) is 33.6 Å². The summed E-state index contributed by atoms with van der Waals surface area (Å²) in [4.78, 5) is 12.4. The van der Waals surface area contributed by atoms with Crippen molar-refractivity contribution in [2.45, 2.75) is 13.3 Å². The number of hydrogen-bond acceptors (Lipinski definition) is 3. The van der Waals surface area contributed by atoms with Gasteiger partial charge in [-0.05, 0) is 0 Å². The van der Waals surface area contributed by atoms with Crippen LogP contribution in [0.5, 0.6) is 0 Å². The molecule has 0 amide bonds. The van der Waals surface area contributed by atoms with Gasteiger partial charge in [0.25, 0.3) is 0 Å². The Balaban J connectivity index is 2.10. The molecule has 0 aromatic heterocycles. The van der Waals surface area contributed by atoms with Gasteiger partial charge in [0.1, 0.15) is 0 Å². The van der Waals surface area contributed by atoms with E-state index < -0.39 is 0 Å². The normalized spacial score (nSPS) is 14.5. The Morgan fingerprint density at radius 2 is 1.79 bits per heavy atom. The Hall–Kier alpha value is -1.83. The second kappa shape index (κ2) is 10.1. The summed E-state index contributed by atoms with van der Waals surface area (Å²) in [6, 6.07) is 9.61. The van der Waals surface area contributed by atoms with E-state index in [-0.39, 0.29) is 11.9 Å². The number of rotatable bonds is 7. The van der Waals surface area contributed by atoms with E-state index in [0.29, 0.717) is 18.8 Å².